The molecule has 0 spiro atoms. The van der Waals surface area contributed by atoms with Gasteiger partial charge < -0.3 is 9.30 Å². The highest BCUT2D eigenvalue weighted by molar-refractivity contribution is 7.98. The van der Waals surface area contributed by atoms with E-state index in [1.54, 1.807) is 11.8 Å². The predicted octanol–water partition coefficient (Wildman–Crippen LogP) is 5.62. The molecule has 136 valence electrons. The first-order valence-corrected chi connectivity index (χ1v) is 9.68. The number of aromatic nitrogens is 3. The maximum atomic E-state index is 13.2. The van der Waals surface area contributed by atoms with Crippen molar-refractivity contribution in [1.29, 1.82) is 0 Å². The van der Waals surface area contributed by atoms with Crippen LogP contribution in [0.25, 0.3) is 0 Å². The summed E-state index contributed by atoms with van der Waals surface area (Å²) in [4.78, 5) is 0. The molecule has 0 aliphatic heterocycles. The minimum absolute atomic E-state index is 0.0252. The molecule has 8 heteroatoms. The second-order valence-corrected chi connectivity index (χ2v) is 7.21. The Balaban J connectivity index is 1.66. The molecule has 0 aliphatic carbocycles. The maximum Gasteiger partial charge on any atom is 0.191 e. The van der Waals surface area contributed by atoms with Crippen LogP contribution in [0.3, 0.4) is 0 Å². The lowest BCUT2D eigenvalue weighted by molar-refractivity contribution is 0.288. The summed E-state index contributed by atoms with van der Waals surface area (Å²) in [7, 11) is 0. The first-order chi connectivity index (χ1) is 12.6. The van der Waals surface area contributed by atoms with Crippen LogP contribution in [0.2, 0.25) is 10.0 Å². The molecule has 4 nitrogen and oxygen atoms in total. The molecule has 0 fully saturated rings. The van der Waals surface area contributed by atoms with Crippen LogP contribution in [0.4, 0.5) is 4.39 Å². The van der Waals surface area contributed by atoms with E-state index < -0.39 is 5.82 Å². The van der Waals surface area contributed by atoms with E-state index in [2.05, 4.69) is 10.2 Å². The van der Waals surface area contributed by atoms with Crippen LogP contribution >= 0.6 is 35.0 Å². The standard InChI is InChI=1S/C18H16Cl2FN3OS/c1-2-24-17(10-25-14-6-7-16(21)15(20)9-14)22-23-18(24)26-11-12-4-3-5-13(19)8-12/h3-9H,2,10-11H2,1H3. The third-order valence-electron chi connectivity index (χ3n) is 3.63. The molecule has 0 N–H and O–H groups in total. The number of hydrogen-bond donors (Lipinski definition) is 0. The second-order valence-electron chi connectivity index (χ2n) is 5.43. The number of halogens is 3. The molecule has 0 saturated carbocycles. The highest BCUT2D eigenvalue weighted by Gasteiger charge is 2.12. The molecule has 2 aromatic carbocycles. The number of thioether (sulfide) groups is 1. The molecule has 3 aromatic rings. The number of benzene rings is 2. The fourth-order valence-electron chi connectivity index (χ4n) is 2.34. The summed E-state index contributed by atoms with van der Waals surface area (Å²) in [6, 6.07) is 12.0. The Morgan fingerprint density at radius 2 is 2.00 bits per heavy atom. The number of hydrogen-bond acceptors (Lipinski definition) is 4. The van der Waals surface area contributed by atoms with E-state index in [1.807, 2.05) is 35.8 Å². The molecular weight excluding hydrogens is 396 g/mol. The van der Waals surface area contributed by atoms with Crippen LogP contribution in [0.1, 0.15) is 18.3 Å². The normalized spacial score (nSPS) is 10.9. The Morgan fingerprint density at radius 3 is 2.73 bits per heavy atom. The summed E-state index contributed by atoms with van der Waals surface area (Å²) >= 11 is 13.4. The van der Waals surface area contributed by atoms with E-state index in [4.69, 9.17) is 27.9 Å². The second kappa shape index (κ2) is 8.75. The SMILES string of the molecule is CCn1c(COc2ccc(F)c(Cl)c2)nnc1SCc1cccc(Cl)c1. The molecule has 3 rings (SSSR count). The molecule has 0 radical (unpaired) electrons. The summed E-state index contributed by atoms with van der Waals surface area (Å²) in [5.41, 5.74) is 1.12. The highest BCUT2D eigenvalue weighted by Crippen LogP contribution is 2.25. The smallest absolute Gasteiger partial charge is 0.191 e. The van der Waals surface area contributed by atoms with Gasteiger partial charge in [0, 0.05) is 23.4 Å². The number of nitrogens with zero attached hydrogens (tertiary/aromatic N) is 3. The van der Waals surface area contributed by atoms with Crippen molar-refractivity contribution in [3.63, 3.8) is 0 Å². The van der Waals surface area contributed by atoms with Crippen LogP contribution in [0.15, 0.2) is 47.6 Å². The topological polar surface area (TPSA) is 39.9 Å². The van der Waals surface area contributed by atoms with Crippen molar-refractivity contribution in [3.8, 4) is 5.75 Å². The van der Waals surface area contributed by atoms with E-state index in [0.29, 0.717) is 23.1 Å². The predicted molar refractivity (Wildman–Crippen MR) is 102 cm³/mol. The molecule has 0 saturated heterocycles. The fraction of sp³-hybridized carbons (Fsp3) is 0.222. The van der Waals surface area contributed by atoms with E-state index in [1.165, 1.54) is 18.2 Å². The molecule has 1 heterocycles. The van der Waals surface area contributed by atoms with Crippen molar-refractivity contribution in [2.45, 2.75) is 31.0 Å². The van der Waals surface area contributed by atoms with Crippen molar-refractivity contribution in [1.82, 2.24) is 14.8 Å². The summed E-state index contributed by atoms with van der Waals surface area (Å²) in [6.07, 6.45) is 0. The molecule has 0 aliphatic rings. The van der Waals surface area contributed by atoms with Gasteiger partial charge in [0.15, 0.2) is 11.0 Å². The Hall–Kier alpha value is -1.76. The van der Waals surface area contributed by atoms with Crippen LogP contribution in [0.5, 0.6) is 5.75 Å². The largest absolute Gasteiger partial charge is 0.486 e. The van der Waals surface area contributed by atoms with Crippen LogP contribution in [0, 0.1) is 5.82 Å². The number of ether oxygens (including phenoxy) is 1. The minimum Gasteiger partial charge on any atom is -0.486 e. The maximum absolute atomic E-state index is 13.2. The quantitative estimate of drug-likeness (QED) is 0.473. The van der Waals surface area contributed by atoms with Gasteiger partial charge in [-0.1, -0.05) is 47.1 Å². The highest BCUT2D eigenvalue weighted by atomic mass is 35.5. The lowest BCUT2D eigenvalue weighted by Crippen LogP contribution is -2.07. The minimum atomic E-state index is -0.476. The Bertz CT molecular complexity index is 904. The van der Waals surface area contributed by atoms with Gasteiger partial charge in [-0.2, -0.15) is 0 Å². The summed E-state index contributed by atoms with van der Waals surface area (Å²) < 4.78 is 20.9. The van der Waals surface area contributed by atoms with Gasteiger partial charge in [0.2, 0.25) is 0 Å². The zero-order valence-electron chi connectivity index (χ0n) is 14.0. The van der Waals surface area contributed by atoms with E-state index in [-0.39, 0.29) is 11.6 Å². The third kappa shape index (κ3) is 4.69. The first-order valence-electron chi connectivity index (χ1n) is 7.94. The monoisotopic (exact) mass is 411 g/mol. The number of rotatable bonds is 7. The molecule has 1 aromatic heterocycles. The van der Waals surface area contributed by atoms with Crippen LogP contribution in [-0.2, 0) is 18.9 Å². The summed E-state index contributed by atoms with van der Waals surface area (Å²) in [6.45, 7) is 2.96. The van der Waals surface area contributed by atoms with Crippen molar-refractivity contribution >= 4 is 35.0 Å². The Labute approximate surface area is 165 Å². The van der Waals surface area contributed by atoms with Crippen molar-refractivity contribution < 1.29 is 9.13 Å². The van der Waals surface area contributed by atoms with Gasteiger partial charge in [0.1, 0.15) is 18.2 Å². The van der Waals surface area contributed by atoms with Gasteiger partial charge >= 0.3 is 0 Å². The zero-order valence-corrected chi connectivity index (χ0v) is 16.3. The van der Waals surface area contributed by atoms with Crippen molar-refractivity contribution in [3.05, 3.63) is 69.7 Å². The van der Waals surface area contributed by atoms with Gasteiger partial charge in [-0.05, 0) is 36.8 Å². The Kier molecular flexibility index (Phi) is 6.40. The molecule has 26 heavy (non-hydrogen) atoms. The molecule has 0 unspecified atom stereocenters. The van der Waals surface area contributed by atoms with E-state index >= 15 is 0 Å². The lowest BCUT2D eigenvalue weighted by atomic mass is 10.2. The van der Waals surface area contributed by atoms with Crippen LogP contribution in [-0.4, -0.2) is 14.8 Å². The van der Waals surface area contributed by atoms with Crippen molar-refractivity contribution in [2.75, 3.05) is 0 Å². The molecule has 0 amide bonds. The van der Waals surface area contributed by atoms with E-state index in [9.17, 15) is 4.39 Å². The van der Waals surface area contributed by atoms with Gasteiger partial charge in [0.25, 0.3) is 0 Å². The fourth-order valence-corrected chi connectivity index (χ4v) is 3.69. The van der Waals surface area contributed by atoms with E-state index in [0.717, 1.165) is 16.5 Å². The molecule has 0 atom stereocenters. The Morgan fingerprint density at radius 1 is 1.15 bits per heavy atom. The average Bonchev–Trinajstić information content (AvgIpc) is 3.03. The lowest BCUT2D eigenvalue weighted by Gasteiger charge is -2.09. The third-order valence-corrected chi connectivity index (χ3v) is 5.19. The molecule has 0 bridgehead atoms. The van der Waals surface area contributed by atoms with Crippen LogP contribution < -0.4 is 4.74 Å². The zero-order chi connectivity index (χ0) is 18.5. The van der Waals surface area contributed by atoms with Gasteiger partial charge in [-0.3, -0.25) is 0 Å². The van der Waals surface area contributed by atoms with Crippen molar-refractivity contribution in [2.24, 2.45) is 0 Å². The first kappa shape index (κ1) is 19.0. The average molecular weight is 412 g/mol. The summed E-state index contributed by atoms with van der Waals surface area (Å²) in [5, 5.41) is 10.00. The van der Waals surface area contributed by atoms with Gasteiger partial charge in [-0.25, -0.2) is 4.39 Å². The summed E-state index contributed by atoms with van der Waals surface area (Å²) in [5.74, 6) is 1.44. The van der Waals surface area contributed by atoms with Gasteiger partial charge in [-0.15, -0.1) is 10.2 Å². The van der Waals surface area contributed by atoms with Gasteiger partial charge in [0.05, 0.1) is 5.02 Å². The molecular formula is C18H16Cl2FN3OS.